The van der Waals surface area contributed by atoms with Crippen molar-refractivity contribution in [1.29, 1.82) is 0 Å². The third kappa shape index (κ3) is 2.51. The Bertz CT molecular complexity index is 628. The number of hydrogen-bond donors (Lipinski definition) is 2. The maximum Gasteiger partial charge on any atom is 0.308 e. The lowest BCUT2D eigenvalue weighted by Gasteiger charge is -2.15. The summed E-state index contributed by atoms with van der Waals surface area (Å²) in [5.74, 6) is -4.96. The van der Waals surface area contributed by atoms with Gasteiger partial charge in [0.1, 0.15) is 0 Å². The number of carbonyl (C=O) groups is 3. The van der Waals surface area contributed by atoms with Crippen molar-refractivity contribution in [3.05, 3.63) is 16.7 Å². The minimum atomic E-state index is -0.963. The van der Waals surface area contributed by atoms with E-state index in [1.165, 1.54) is 6.29 Å². The molecule has 105 valence electrons. The zero-order valence-electron chi connectivity index (χ0n) is 10.9. The summed E-state index contributed by atoms with van der Waals surface area (Å²) in [7, 11) is 0. The Morgan fingerprint density at radius 3 is 1.80 bits per heavy atom. The van der Waals surface area contributed by atoms with E-state index < -0.39 is 51.5 Å². The van der Waals surface area contributed by atoms with Crippen molar-refractivity contribution in [2.75, 3.05) is 0 Å². The number of phenols is 2. The van der Waals surface area contributed by atoms with Crippen molar-refractivity contribution in [2.24, 2.45) is 0 Å². The number of rotatable bonds is 4. The number of esters is 1. The van der Waals surface area contributed by atoms with Crippen LogP contribution in [0.2, 0.25) is 0 Å². The summed E-state index contributed by atoms with van der Waals surface area (Å²) in [5.41, 5.74) is -1.61. The van der Waals surface area contributed by atoms with Gasteiger partial charge in [-0.25, -0.2) is 0 Å². The van der Waals surface area contributed by atoms with E-state index in [2.05, 4.69) is 4.74 Å². The second kappa shape index (κ2) is 5.52. The van der Waals surface area contributed by atoms with E-state index in [1.807, 2.05) is 0 Å². The van der Waals surface area contributed by atoms with Crippen LogP contribution in [0.25, 0.3) is 0 Å². The summed E-state index contributed by atoms with van der Waals surface area (Å²) >= 11 is 0. The lowest BCUT2D eigenvalue weighted by Crippen LogP contribution is -2.13. The molecule has 1 rings (SSSR count). The first-order valence-electron chi connectivity index (χ1n) is 5.42. The van der Waals surface area contributed by atoms with E-state index in [4.69, 9.17) is 0 Å². The third-order valence-electron chi connectivity index (χ3n) is 2.46. The van der Waals surface area contributed by atoms with Crippen LogP contribution in [-0.2, 0) is 9.59 Å². The number of hydrogen-bond acceptors (Lipinski definition) is 7. The second-order valence-corrected chi connectivity index (χ2v) is 3.96. The van der Waals surface area contributed by atoms with Gasteiger partial charge in [0.05, 0.1) is 16.7 Å². The molecule has 0 fully saturated rings. The van der Waals surface area contributed by atoms with Gasteiger partial charge in [-0.3, -0.25) is 19.2 Å². The highest BCUT2D eigenvalue weighted by Gasteiger charge is 2.30. The summed E-state index contributed by atoms with van der Waals surface area (Å²) in [6.07, 6.45) is 1.35. The molecule has 0 spiro atoms. The van der Waals surface area contributed by atoms with E-state index in [9.17, 15) is 29.4 Å². The lowest BCUT2D eigenvalue weighted by molar-refractivity contribution is -0.132. The quantitative estimate of drug-likeness (QED) is 0.363. The number of carbonyl (C=O) groups excluding carboxylic acids is 4. The van der Waals surface area contributed by atoms with Crippen LogP contribution >= 0.6 is 0 Å². The highest BCUT2D eigenvalue weighted by atomic mass is 16.5. The van der Waals surface area contributed by atoms with Crippen LogP contribution in [0.4, 0.5) is 0 Å². The molecule has 1 aromatic carbocycles. The minimum absolute atomic E-state index is 0.490. The van der Waals surface area contributed by atoms with Crippen LogP contribution in [0.5, 0.6) is 17.2 Å². The third-order valence-corrected chi connectivity index (χ3v) is 2.46. The van der Waals surface area contributed by atoms with Crippen molar-refractivity contribution in [3.8, 4) is 17.2 Å². The molecule has 1 radical (unpaired) electrons. The molecular formula is C13H11O7. The van der Waals surface area contributed by atoms with E-state index in [-0.39, 0.29) is 0 Å². The molecule has 0 amide bonds. The molecule has 7 nitrogen and oxygen atoms in total. The van der Waals surface area contributed by atoms with Crippen molar-refractivity contribution in [3.63, 3.8) is 0 Å². The fourth-order valence-corrected chi connectivity index (χ4v) is 1.73. The maximum atomic E-state index is 11.6. The molecule has 0 saturated carbocycles. The molecule has 0 unspecified atom stereocenters. The van der Waals surface area contributed by atoms with Gasteiger partial charge in [-0.1, -0.05) is 0 Å². The van der Waals surface area contributed by atoms with Gasteiger partial charge in [-0.2, -0.15) is 0 Å². The van der Waals surface area contributed by atoms with Gasteiger partial charge in [0.25, 0.3) is 0 Å². The van der Waals surface area contributed by atoms with Gasteiger partial charge in [0.2, 0.25) is 12.0 Å². The Morgan fingerprint density at radius 1 is 0.950 bits per heavy atom. The standard InChI is InChI=1S/C13H11O7/c1-5(15)9-8(4-14)10(6(2)16)13(20-7(3)17)12(19)11(9)18/h18-19H,1-3H3. The number of ether oxygens (including phenoxy) is 1. The Kier molecular flexibility index (Phi) is 4.24. The molecule has 0 aliphatic carbocycles. The molecule has 1 aromatic rings. The number of aromatic hydroxyl groups is 2. The highest BCUT2D eigenvalue weighted by molar-refractivity contribution is 6.13. The monoisotopic (exact) mass is 279 g/mol. The van der Waals surface area contributed by atoms with Gasteiger partial charge in [-0.05, 0) is 13.8 Å². The summed E-state index contributed by atoms with van der Waals surface area (Å²) in [4.78, 5) is 45.0. The Balaban J connectivity index is 3.91. The Labute approximate surface area is 113 Å². The first kappa shape index (κ1) is 15.4. The predicted octanol–water partition coefficient (Wildman–Crippen LogP) is 0.886. The van der Waals surface area contributed by atoms with E-state index in [0.29, 0.717) is 0 Å². The average Bonchev–Trinajstić information content (AvgIpc) is 2.32. The smallest absolute Gasteiger partial charge is 0.308 e. The number of phenolic OH excluding ortho intramolecular Hbond substituents is 2. The fourth-order valence-electron chi connectivity index (χ4n) is 1.73. The van der Waals surface area contributed by atoms with Gasteiger partial charge < -0.3 is 14.9 Å². The van der Waals surface area contributed by atoms with Crippen molar-refractivity contribution in [2.45, 2.75) is 20.8 Å². The fraction of sp³-hybridized carbons (Fsp3) is 0.231. The van der Waals surface area contributed by atoms with Gasteiger partial charge in [-0.15, -0.1) is 0 Å². The van der Waals surface area contributed by atoms with Crippen molar-refractivity contribution in [1.82, 2.24) is 0 Å². The number of ketones is 2. The molecule has 0 aliphatic rings. The first-order valence-corrected chi connectivity index (χ1v) is 5.42. The van der Waals surface area contributed by atoms with Crippen LogP contribution in [0.1, 0.15) is 47.1 Å². The average molecular weight is 279 g/mol. The van der Waals surface area contributed by atoms with E-state index >= 15 is 0 Å². The van der Waals surface area contributed by atoms with Crippen molar-refractivity contribution < 1.29 is 34.1 Å². The minimum Gasteiger partial charge on any atom is -0.504 e. The van der Waals surface area contributed by atoms with Crippen molar-refractivity contribution >= 4 is 23.8 Å². The molecule has 2 N–H and O–H groups in total. The molecule has 0 aliphatic heterocycles. The molecule has 0 heterocycles. The summed E-state index contributed by atoms with van der Waals surface area (Å²) in [5, 5.41) is 19.5. The second-order valence-electron chi connectivity index (χ2n) is 3.96. The van der Waals surface area contributed by atoms with Gasteiger partial charge >= 0.3 is 5.97 Å². The Hall–Kier alpha value is -2.70. The Morgan fingerprint density at radius 2 is 1.45 bits per heavy atom. The highest BCUT2D eigenvalue weighted by Crippen LogP contribution is 2.44. The topological polar surface area (TPSA) is 118 Å². The summed E-state index contributed by atoms with van der Waals surface area (Å²) < 4.78 is 4.64. The molecule has 7 heteroatoms. The predicted molar refractivity (Wildman–Crippen MR) is 65.9 cm³/mol. The summed E-state index contributed by atoms with van der Waals surface area (Å²) in [6, 6.07) is 0. The van der Waals surface area contributed by atoms with Crippen LogP contribution in [0.15, 0.2) is 0 Å². The molecule has 0 atom stereocenters. The molecule has 20 heavy (non-hydrogen) atoms. The zero-order chi connectivity index (χ0) is 15.6. The lowest BCUT2D eigenvalue weighted by atomic mass is 9.94. The molecule has 0 bridgehead atoms. The zero-order valence-corrected chi connectivity index (χ0v) is 10.9. The SMILES string of the molecule is CC(=O)Oc1c(O)c(O)c(C(C)=O)c([C]=O)c1C(C)=O. The van der Waals surface area contributed by atoms with Crippen LogP contribution < -0.4 is 4.74 Å². The van der Waals surface area contributed by atoms with Gasteiger partial charge in [0, 0.05) is 6.92 Å². The largest absolute Gasteiger partial charge is 0.504 e. The van der Waals surface area contributed by atoms with Crippen LogP contribution in [0, 0.1) is 0 Å². The number of benzene rings is 1. The summed E-state index contributed by atoms with van der Waals surface area (Å²) in [6.45, 7) is 3.08. The first-order chi connectivity index (χ1) is 9.22. The molecule has 0 aromatic heterocycles. The van der Waals surface area contributed by atoms with Crippen LogP contribution in [-0.4, -0.2) is 34.0 Å². The van der Waals surface area contributed by atoms with Crippen LogP contribution in [0.3, 0.4) is 0 Å². The van der Waals surface area contributed by atoms with E-state index in [0.717, 1.165) is 20.8 Å². The molecular weight excluding hydrogens is 268 g/mol. The molecule has 0 saturated heterocycles. The van der Waals surface area contributed by atoms with Gasteiger partial charge in [0.15, 0.2) is 23.1 Å². The normalized spacial score (nSPS) is 9.95. The maximum absolute atomic E-state index is 11.6. The number of Topliss-reactive ketones (excluding diaryl/α,β-unsaturated/α-hetero) is 2. The van der Waals surface area contributed by atoms with E-state index in [1.54, 1.807) is 0 Å².